The quantitative estimate of drug-likeness (QED) is 0.786. The van der Waals surface area contributed by atoms with E-state index in [1.54, 1.807) is 11.9 Å². The Morgan fingerprint density at radius 3 is 2.96 bits per heavy atom. The van der Waals surface area contributed by atoms with Crippen LogP contribution in [0.3, 0.4) is 0 Å². The van der Waals surface area contributed by atoms with Gasteiger partial charge in [0.25, 0.3) is 0 Å². The van der Waals surface area contributed by atoms with Gasteiger partial charge in [0, 0.05) is 51.0 Å². The minimum Gasteiger partial charge on any atom is -0.390 e. The van der Waals surface area contributed by atoms with Gasteiger partial charge in [-0.05, 0) is 19.3 Å². The van der Waals surface area contributed by atoms with E-state index in [0.29, 0.717) is 32.7 Å². The fourth-order valence-corrected chi connectivity index (χ4v) is 3.49. The zero-order valence-electron chi connectivity index (χ0n) is 14.5. The number of amides is 1. The fourth-order valence-electron chi connectivity index (χ4n) is 3.49. The van der Waals surface area contributed by atoms with Gasteiger partial charge in [0.1, 0.15) is 0 Å². The molecule has 7 heteroatoms. The molecule has 0 aromatic carbocycles. The lowest BCUT2D eigenvalue weighted by Crippen LogP contribution is -2.45. The standard InChI is InChI=1S/C17H28N4O3/c1-19(12-15(22)13-20-6-8-24-9-7-20)17(23)10-14-11-18-21-5-3-2-4-16(14)21/h11,15,22H,2-10,12-13H2,1H3. The molecule has 1 atom stereocenters. The van der Waals surface area contributed by atoms with Gasteiger partial charge in [-0.25, -0.2) is 0 Å². The topological polar surface area (TPSA) is 70.8 Å². The number of aliphatic hydroxyl groups excluding tert-OH is 1. The van der Waals surface area contributed by atoms with Crippen molar-refractivity contribution in [1.82, 2.24) is 19.6 Å². The van der Waals surface area contributed by atoms with E-state index in [4.69, 9.17) is 4.74 Å². The first-order valence-electron chi connectivity index (χ1n) is 8.89. The largest absolute Gasteiger partial charge is 0.390 e. The van der Waals surface area contributed by atoms with Gasteiger partial charge in [-0.2, -0.15) is 5.10 Å². The molecule has 1 aromatic rings. The van der Waals surface area contributed by atoms with Crippen LogP contribution in [-0.4, -0.2) is 83.1 Å². The highest BCUT2D eigenvalue weighted by molar-refractivity contribution is 5.78. The average Bonchev–Trinajstić information content (AvgIpc) is 2.99. The van der Waals surface area contributed by atoms with Gasteiger partial charge in [0.15, 0.2) is 0 Å². The lowest BCUT2D eigenvalue weighted by molar-refractivity contribution is -0.130. The van der Waals surface area contributed by atoms with Crippen LogP contribution in [0.1, 0.15) is 24.1 Å². The van der Waals surface area contributed by atoms with Gasteiger partial charge < -0.3 is 14.7 Å². The Morgan fingerprint density at radius 2 is 2.17 bits per heavy atom. The number of β-amino-alcohol motifs (C(OH)–C–C–N with tert-alkyl or cyclic N) is 1. The van der Waals surface area contributed by atoms with Crippen LogP contribution in [0.2, 0.25) is 0 Å². The number of hydrogen-bond acceptors (Lipinski definition) is 5. The second kappa shape index (κ2) is 8.09. The van der Waals surface area contributed by atoms with E-state index in [0.717, 1.165) is 38.0 Å². The number of nitrogens with zero attached hydrogens (tertiary/aromatic N) is 4. The molecule has 1 amide bonds. The van der Waals surface area contributed by atoms with Crippen LogP contribution in [0, 0.1) is 0 Å². The van der Waals surface area contributed by atoms with Gasteiger partial charge in [-0.1, -0.05) is 0 Å². The summed E-state index contributed by atoms with van der Waals surface area (Å²) in [5.74, 6) is 0.0393. The van der Waals surface area contributed by atoms with Crippen molar-refractivity contribution in [2.24, 2.45) is 0 Å². The number of morpholine rings is 1. The number of aliphatic hydroxyl groups is 1. The maximum absolute atomic E-state index is 12.5. The molecular formula is C17H28N4O3. The summed E-state index contributed by atoms with van der Waals surface area (Å²) >= 11 is 0. The molecule has 0 saturated carbocycles. The Hall–Kier alpha value is -1.44. The van der Waals surface area contributed by atoms with Crippen LogP contribution in [0.15, 0.2) is 6.20 Å². The highest BCUT2D eigenvalue weighted by Crippen LogP contribution is 2.19. The van der Waals surface area contributed by atoms with Crippen molar-refractivity contribution < 1.29 is 14.6 Å². The van der Waals surface area contributed by atoms with Crippen molar-refractivity contribution in [1.29, 1.82) is 0 Å². The number of fused-ring (bicyclic) bond motifs is 1. The molecule has 2 aliphatic rings. The van der Waals surface area contributed by atoms with Crippen molar-refractivity contribution in [2.45, 2.75) is 38.3 Å². The first-order chi connectivity index (χ1) is 11.6. The summed E-state index contributed by atoms with van der Waals surface area (Å²) in [6, 6.07) is 0. The Bertz CT molecular complexity index is 554. The Labute approximate surface area is 143 Å². The van der Waals surface area contributed by atoms with Gasteiger partial charge in [-0.3, -0.25) is 14.4 Å². The van der Waals surface area contributed by atoms with E-state index in [2.05, 4.69) is 10.00 Å². The normalized spacial score (nSPS) is 19.8. The van der Waals surface area contributed by atoms with Gasteiger partial charge >= 0.3 is 0 Å². The maximum Gasteiger partial charge on any atom is 0.226 e. The smallest absolute Gasteiger partial charge is 0.226 e. The van der Waals surface area contributed by atoms with Crippen LogP contribution in [0.25, 0.3) is 0 Å². The number of carbonyl (C=O) groups excluding carboxylic acids is 1. The number of carbonyl (C=O) groups is 1. The fraction of sp³-hybridized carbons (Fsp3) is 0.765. The van der Waals surface area contributed by atoms with Crippen molar-refractivity contribution in [3.05, 3.63) is 17.5 Å². The van der Waals surface area contributed by atoms with E-state index < -0.39 is 6.10 Å². The zero-order valence-corrected chi connectivity index (χ0v) is 14.5. The molecule has 134 valence electrons. The van der Waals surface area contributed by atoms with Crippen LogP contribution in [0.4, 0.5) is 0 Å². The van der Waals surface area contributed by atoms with E-state index in [1.165, 1.54) is 12.1 Å². The molecule has 3 rings (SSSR count). The molecule has 1 saturated heterocycles. The number of ether oxygens (including phenoxy) is 1. The summed E-state index contributed by atoms with van der Waals surface area (Å²) in [7, 11) is 1.76. The molecule has 1 aromatic heterocycles. The van der Waals surface area contributed by atoms with Gasteiger partial charge in [0.2, 0.25) is 5.91 Å². The minimum atomic E-state index is -0.530. The van der Waals surface area contributed by atoms with Gasteiger partial charge in [0.05, 0.1) is 31.9 Å². The number of aromatic nitrogens is 2. The predicted molar refractivity (Wildman–Crippen MR) is 89.8 cm³/mol. The molecule has 0 radical (unpaired) electrons. The monoisotopic (exact) mass is 336 g/mol. The number of aryl methyl sites for hydroxylation is 1. The van der Waals surface area contributed by atoms with E-state index in [9.17, 15) is 9.90 Å². The average molecular weight is 336 g/mol. The van der Waals surface area contributed by atoms with Crippen molar-refractivity contribution >= 4 is 5.91 Å². The second-order valence-electron chi connectivity index (χ2n) is 6.81. The number of hydrogen-bond donors (Lipinski definition) is 1. The lowest BCUT2D eigenvalue weighted by Gasteiger charge is -2.30. The van der Waals surface area contributed by atoms with Crippen LogP contribution < -0.4 is 0 Å². The summed E-state index contributed by atoms with van der Waals surface area (Å²) < 4.78 is 7.34. The zero-order chi connectivity index (χ0) is 16.9. The second-order valence-corrected chi connectivity index (χ2v) is 6.81. The van der Waals surface area contributed by atoms with Gasteiger partial charge in [-0.15, -0.1) is 0 Å². The molecular weight excluding hydrogens is 308 g/mol. The van der Waals surface area contributed by atoms with Crippen molar-refractivity contribution in [2.75, 3.05) is 46.4 Å². The molecule has 2 aliphatic heterocycles. The molecule has 3 heterocycles. The Kier molecular flexibility index (Phi) is 5.86. The summed E-state index contributed by atoms with van der Waals surface area (Å²) in [6.07, 6.45) is 5.01. The van der Waals surface area contributed by atoms with Crippen molar-refractivity contribution in [3.8, 4) is 0 Å². The Balaban J connectivity index is 1.48. The van der Waals surface area contributed by atoms with E-state index >= 15 is 0 Å². The summed E-state index contributed by atoms with van der Waals surface area (Å²) in [4.78, 5) is 16.3. The molecule has 24 heavy (non-hydrogen) atoms. The lowest BCUT2D eigenvalue weighted by atomic mass is 10.0. The highest BCUT2D eigenvalue weighted by Gasteiger charge is 2.21. The minimum absolute atomic E-state index is 0.0393. The van der Waals surface area contributed by atoms with Crippen LogP contribution >= 0.6 is 0 Å². The summed E-state index contributed by atoms with van der Waals surface area (Å²) in [6.45, 7) is 5.03. The Morgan fingerprint density at radius 1 is 1.38 bits per heavy atom. The van der Waals surface area contributed by atoms with Crippen LogP contribution in [0.5, 0.6) is 0 Å². The first kappa shape index (κ1) is 17.4. The molecule has 1 fully saturated rings. The molecule has 0 spiro atoms. The molecule has 0 bridgehead atoms. The SMILES string of the molecule is CN(CC(O)CN1CCOCC1)C(=O)Cc1cnn2c1CCCC2. The molecule has 1 N–H and O–H groups in total. The maximum atomic E-state index is 12.5. The first-order valence-corrected chi connectivity index (χ1v) is 8.89. The van der Waals surface area contributed by atoms with E-state index in [-0.39, 0.29) is 5.91 Å². The molecule has 0 aliphatic carbocycles. The summed E-state index contributed by atoms with van der Waals surface area (Å²) in [5.41, 5.74) is 2.24. The van der Waals surface area contributed by atoms with Crippen LogP contribution in [-0.2, 0) is 28.9 Å². The third kappa shape index (κ3) is 4.34. The third-order valence-electron chi connectivity index (χ3n) is 4.89. The summed E-state index contributed by atoms with van der Waals surface area (Å²) in [5, 5.41) is 14.6. The highest BCUT2D eigenvalue weighted by atomic mass is 16.5. The van der Waals surface area contributed by atoms with E-state index in [1.807, 2.05) is 10.9 Å². The number of likely N-dealkylation sites (N-methyl/N-ethyl adjacent to an activating group) is 1. The number of rotatable bonds is 6. The third-order valence-corrected chi connectivity index (χ3v) is 4.89. The molecule has 7 nitrogen and oxygen atoms in total. The molecule has 1 unspecified atom stereocenters. The van der Waals surface area contributed by atoms with Crippen molar-refractivity contribution in [3.63, 3.8) is 0 Å². The predicted octanol–water partition coefficient (Wildman–Crippen LogP) is -0.0866.